The standard InChI is InChI=1S/C18H26N2O2S/c21-18(20-10-12-22-13-11-20)7-9-19-8-6-16(14-19)15-23-17-4-2-1-3-5-17/h1-5,16H,6-15H2/t16-/m0/s1. The van der Waals surface area contributed by atoms with E-state index < -0.39 is 0 Å². The third kappa shape index (κ3) is 5.23. The van der Waals surface area contributed by atoms with E-state index in [0.29, 0.717) is 19.6 Å². The summed E-state index contributed by atoms with van der Waals surface area (Å²) < 4.78 is 5.30. The Kier molecular flexibility index (Phi) is 6.37. The normalized spacial score (nSPS) is 22.4. The zero-order valence-electron chi connectivity index (χ0n) is 13.7. The summed E-state index contributed by atoms with van der Waals surface area (Å²) in [7, 11) is 0. The summed E-state index contributed by atoms with van der Waals surface area (Å²) in [6.45, 7) is 6.07. The summed E-state index contributed by atoms with van der Waals surface area (Å²) in [6, 6.07) is 10.6. The Hall–Kier alpha value is -1.04. The maximum atomic E-state index is 12.2. The molecule has 0 saturated carbocycles. The molecule has 5 heteroatoms. The van der Waals surface area contributed by atoms with E-state index >= 15 is 0 Å². The molecule has 0 aliphatic carbocycles. The second-order valence-corrected chi connectivity index (χ2v) is 7.42. The van der Waals surface area contributed by atoms with Gasteiger partial charge in [0.05, 0.1) is 13.2 Å². The fraction of sp³-hybridized carbons (Fsp3) is 0.611. The van der Waals surface area contributed by atoms with Crippen molar-refractivity contribution >= 4 is 17.7 Å². The molecule has 0 aromatic heterocycles. The van der Waals surface area contributed by atoms with Gasteiger partial charge in [0, 0.05) is 43.2 Å². The second kappa shape index (κ2) is 8.71. The molecule has 0 radical (unpaired) electrons. The van der Waals surface area contributed by atoms with Crippen LogP contribution >= 0.6 is 11.8 Å². The highest BCUT2D eigenvalue weighted by atomic mass is 32.2. The fourth-order valence-electron chi connectivity index (χ4n) is 3.21. The quantitative estimate of drug-likeness (QED) is 0.748. The Balaban J connectivity index is 1.34. The largest absolute Gasteiger partial charge is 0.378 e. The number of hydrogen-bond acceptors (Lipinski definition) is 4. The summed E-state index contributed by atoms with van der Waals surface area (Å²) in [4.78, 5) is 17.9. The van der Waals surface area contributed by atoms with Gasteiger partial charge in [0.25, 0.3) is 0 Å². The molecule has 23 heavy (non-hydrogen) atoms. The molecule has 2 saturated heterocycles. The first-order valence-corrected chi connectivity index (χ1v) is 9.55. The van der Waals surface area contributed by atoms with Crippen LogP contribution < -0.4 is 0 Å². The van der Waals surface area contributed by atoms with E-state index in [1.54, 1.807) is 0 Å². The van der Waals surface area contributed by atoms with E-state index in [4.69, 9.17) is 4.74 Å². The van der Waals surface area contributed by atoms with Crippen LogP contribution in [0.2, 0.25) is 0 Å². The molecule has 3 rings (SSSR count). The van der Waals surface area contributed by atoms with Crippen molar-refractivity contribution in [2.45, 2.75) is 17.7 Å². The number of likely N-dealkylation sites (tertiary alicyclic amines) is 1. The molecule has 0 N–H and O–H groups in total. The summed E-state index contributed by atoms with van der Waals surface area (Å²) in [6.07, 6.45) is 1.91. The number of ether oxygens (including phenoxy) is 1. The average Bonchev–Trinajstić information content (AvgIpc) is 3.07. The van der Waals surface area contributed by atoms with Crippen LogP contribution in [0, 0.1) is 5.92 Å². The molecule has 2 aliphatic heterocycles. The van der Waals surface area contributed by atoms with Crippen LogP contribution in [0.3, 0.4) is 0 Å². The third-order valence-corrected chi connectivity index (χ3v) is 5.85. The third-order valence-electron chi connectivity index (χ3n) is 4.60. The van der Waals surface area contributed by atoms with Crippen LogP contribution in [0.4, 0.5) is 0 Å². The minimum atomic E-state index is 0.287. The number of rotatable bonds is 6. The van der Waals surface area contributed by atoms with E-state index in [2.05, 4.69) is 35.2 Å². The summed E-state index contributed by atoms with van der Waals surface area (Å²) in [5, 5.41) is 0. The molecule has 2 heterocycles. The number of morpholine rings is 1. The van der Waals surface area contributed by atoms with Gasteiger partial charge in [0.2, 0.25) is 5.91 Å². The van der Waals surface area contributed by atoms with E-state index in [0.717, 1.165) is 38.6 Å². The van der Waals surface area contributed by atoms with Crippen molar-refractivity contribution in [2.75, 3.05) is 51.7 Å². The molecule has 0 spiro atoms. The molecule has 4 nitrogen and oxygen atoms in total. The van der Waals surface area contributed by atoms with Crippen molar-refractivity contribution < 1.29 is 9.53 Å². The van der Waals surface area contributed by atoms with Crippen molar-refractivity contribution in [2.24, 2.45) is 5.92 Å². The van der Waals surface area contributed by atoms with E-state index in [1.807, 2.05) is 16.7 Å². The van der Waals surface area contributed by atoms with E-state index in [1.165, 1.54) is 17.1 Å². The summed E-state index contributed by atoms with van der Waals surface area (Å²) >= 11 is 1.95. The van der Waals surface area contributed by atoms with Gasteiger partial charge in [-0.05, 0) is 31.0 Å². The number of amides is 1. The van der Waals surface area contributed by atoms with E-state index in [-0.39, 0.29) is 5.91 Å². The molecule has 0 unspecified atom stereocenters. The molecule has 1 aromatic carbocycles. The van der Waals surface area contributed by atoms with Crippen molar-refractivity contribution in [3.63, 3.8) is 0 Å². The number of nitrogens with zero attached hydrogens (tertiary/aromatic N) is 2. The number of benzene rings is 1. The lowest BCUT2D eigenvalue weighted by atomic mass is 10.2. The molecule has 1 atom stereocenters. The monoisotopic (exact) mass is 334 g/mol. The number of hydrogen-bond donors (Lipinski definition) is 0. The smallest absolute Gasteiger partial charge is 0.224 e. The minimum Gasteiger partial charge on any atom is -0.378 e. The van der Waals surface area contributed by atoms with Crippen LogP contribution in [0.15, 0.2) is 35.2 Å². The molecule has 1 aromatic rings. The lowest BCUT2D eigenvalue weighted by Gasteiger charge is -2.27. The maximum Gasteiger partial charge on any atom is 0.224 e. The van der Waals surface area contributed by atoms with Gasteiger partial charge in [-0.1, -0.05) is 18.2 Å². The van der Waals surface area contributed by atoms with Crippen molar-refractivity contribution in [1.82, 2.24) is 9.80 Å². The summed E-state index contributed by atoms with van der Waals surface area (Å²) in [5.41, 5.74) is 0. The molecule has 2 fully saturated rings. The van der Waals surface area contributed by atoms with Crippen LogP contribution in [0.5, 0.6) is 0 Å². The van der Waals surface area contributed by atoms with Gasteiger partial charge in [-0.25, -0.2) is 0 Å². The zero-order chi connectivity index (χ0) is 15.9. The topological polar surface area (TPSA) is 32.8 Å². The Morgan fingerprint density at radius 3 is 2.74 bits per heavy atom. The average molecular weight is 334 g/mol. The van der Waals surface area contributed by atoms with Gasteiger partial charge < -0.3 is 14.5 Å². The number of thioether (sulfide) groups is 1. The second-order valence-electron chi connectivity index (χ2n) is 6.32. The molecule has 1 amide bonds. The lowest BCUT2D eigenvalue weighted by Crippen LogP contribution is -2.41. The van der Waals surface area contributed by atoms with Crippen molar-refractivity contribution in [3.05, 3.63) is 30.3 Å². The van der Waals surface area contributed by atoms with Gasteiger partial charge in [-0.15, -0.1) is 11.8 Å². The summed E-state index contributed by atoms with van der Waals surface area (Å²) in [5.74, 6) is 2.21. The van der Waals surface area contributed by atoms with Gasteiger partial charge in [0.1, 0.15) is 0 Å². The Labute approximate surface area is 143 Å². The first kappa shape index (κ1) is 16.8. The van der Waals surface area contributed by atoms with Crippen LogP contribution in [-0.4, -0.2) is 67.4 Å². The Morgan fingerprint density at radius 2 is 1.96 bits per heavy atom. The molecule has 2 aliphatic rings. The first-order valence-electron chi connectivity index (χ1n) is 8.57. The number of carbonyl (C=O) groups is 1. The SMILES string of the molecule is O=C(CCN1CC[C@H](CSc2ccccc2)C1)N1CCOCC1. The Bertz CT molecular complexity index is 491. The maximum absolute atomic E-state index is 12.2. The van der Waals surface area contributed by atoms with E-state index in [9.17, 15) is 4.79 Å². The van der Waals surface area contributed by atoms with Crippen LogP contribution in [0.25, 0.3) is 0 Å². The van der Waals surface area contributed by atoms with Gasteiger partial charge >= 0.3 is 0 Å². The van der Waals surface area contributed by atoms with Crippen LogP contribution in [0.1, 0.15) is 12.8 Å². The van der Waals surface area contributed by atoms with Crippen molar-refractivity contribution in [3.8, 4) is 0 Å². The fourth-order valence-corrected chi connectivity index (χ4v) is 4.26. The molecule has 126 valence electrons. The molecule has 0 bridgehead atoms. The predicted octanol–water partition coefficient (Wildman–Crippen LogP) is 2.35. The highest BCUT2D eigenvalue weighted by molar-refractivity contribution is 7.99. The van der Waals surface area contributed by atoms with Gasteiger partial charge in [-0.2, -0.15) is 0 Å². The minimum absolute atomic E-state index is 0.287. The number of carbonyl (C=O) groups excluding carboxylic acids is 1. The van der Waals surface area contributed by atoms with Gasteiger partial charge in [-0.3, -0.25) is 4.79 Å². The first-order chi connectivity index (χ1) is 11.3. The lowest BCUT2D eigenvalue weighted by molar-refractivity contribution is -0.135. The van der Waals surface area contributed by atoms with Gasteiger partial charge in [0.15, 0.2) is 0 Å². The molecular weight excluding hydrogens is 308 g/mol. The highest BCUT2D eigenvalue weighted by Crippen LogP contribution is 2.25. The zero-order valence-corrected chi connectivity index (χ0v) is 14.5. The Morgan fingerprint density at radius 1 is 1.17 bits per heavy atom. The highest BCUT2D eigenvalue weighted by Gasteiger charge is 2.24. The molecular formula is C18H26N2O2S. The van der Waals surface area contributed by atoms with Crippen molar-refractivity contribution in [1.29, 1.82) is 0 Å². The van der Waals surface area contributed by atoms with Crippen LogP contribution in [-0.2, 0) is 9.53 Å². The predicted molar refractivity (Wildman–Crippen MR) is 93.7 cm³/mol.